The molecule has 0 atom stereocenters. The molecule has 1 amide bonds. The fourth-order valence-electron chi connectivity index (χ4n) is 1.87. The second kappa shape index (κ2) is 8.89. The number of amides is 1. The Kier molecular flexibility index (Phi) is 6.83. The zero-order valence-corrected chi connectivity index (χ0v) is 15.6. The van der Waals surface area contributed by atoms with Gasteiger partial charge in [-0.15, -0.1) is 0 Å². The monoisotopic (exact) mass is 415 g/mol. The first-order valence-electron chi connectivity index (χ1n) is 7.47. The number of rotatable bonds is 7. The van der Waals surface area contributed by atoms with E-state index < -0.39 is 40.9 Å². The molecule has 0 bridgehead atoms. The molecule has 0 aliphatic rings. The van der Waals surface area contributed by atoms with Gasteiger partial charge in [-0.1, -0.05) is 11.6 Å². The van der Waals surface area contributed by atoms with Crippen LogP contribution >= 0.6 is 11.6 Å². The first-order chi connectivity index (χ1) is 12.7. The molecule has 1 aromatic heterocycles. The van der Waals surface area contributed by atoms with E-state index in [2.05, 4.69) is 10.3 Å². The molecule has 1 heterocycles. The van der Waals surface area contributed by atoms with Crippen molar-refractivity contribution in [2.75, 3.05) is 25.5 Å². The molecule has 2 aromatic rings. The van der Waals surface area contributed by atoms with Crippen LogP contribution in [0.3, 0.4) is 0 Å². The molecule has 0 fully saturated rings. The third kappa shape index (κ3) is 5.98. The molecule has 0 aliphatic heterocycles. The van der Waals surface area contributed by atoms with Crippen LogP contribution in [0.2, 0.25) is 5.02 Å². The van der Waals surface area contributed by atoms with Crippen LogP contribution in [-0.4, -0.2) is 49.8 Å². The van der Waals surface area contributed by atoms with E-state index in [1.165, 1.54) is 18.3 Å². The molecule has 0 saturated heterocycles. The van der Waals surface area contributed by atoms with E-state index in [4.69, 9.17) is 16.3 Å². The molecule has 0 radical (unpaired) electrons. The van der Waals surface area contributed by atoms with Crippen molar-refractivity contribution >= 4 is 39.3 Å². The molecule has 2 rings (SSSR count). The van der Waals surface area contributed by atoms with Gasteiger partial charge in [0.15, 0.2) is 6.61 Å². The average molecular weight is 416 g/mol. The Morgan fingerprint density at radius 1 is 1.22 bits per heavy atom. The highest BCUT2D eigenvalue weighted by molar-refractivity contribution is 7.89. The van der Waals surface area contributed by atoms with E-state index in [0.29, 0.717) is 5.02 Å². The molecule has 1 aromatic carbocycles. The van der Waals surface area contributed by atoms with Crippen LogP contribution in [0.1, 0.15) is 0 Å². The fraction of sp³-hybridized carbons (Fsp3) is 0.188. The van der Waals surface area contributed by atoms with Gasteiger partial charge in [-0.25, -0.2) is 17.8 Å². The summed E-state index contributed by atoms with van der Waals surface area (Å²) in [7, 11) is -2.83. The number of anilines is 1. The van der Waals surface area contributed by atoms with Crippen molar-refractivity contribution in [2.24, 2.45) is 0 Å². The van der Waals surface area contributed by atoms with Gasteiger partial charge in [0, 0.05) is 13.2 Å². The van der Waals surface area contributed by atoms with Crippen LogP contribution in [0, 0.1) is 5.82 Å². The Morgan fingerprint density at radius 2 is 1.89 bits per heavy atom. The van der Waals surface area contributed by atoms with E-state index in [1.54, 1.807) is 0 Å². The number of carbonyl (C=O) groups is 2. The van der Waals surface area contributed by atoms with E-state index >= 15 is 0 Å². The summed E-state index contributed by atoms with van der Waals surface area (Å²) in [5.41, 5.74) is 0. The molecule has 0 aliphatic carbocycles. The van der Waals surface area contributed by atoms with Crippen LogP contribution in [0.4, 0.5) is 10.2 Å². The van der Waals surface area contributed by atoms with Crippen LogP contribution in [0.5, 0.6) is 0 Å². The number of pyridine rings is 1. The zero-order valence-electron chi connectivity index (χ0n) is 14.1. The summed E-state index contributed by atoms with van der Waals surface area (Å²) in [5, 5.41) is 2.78. The largest absolute Gasteiger partial charge is 0.455 e. The predicted octanol–water partition coefficient (Wildman–Crippen LogP) is 1.68. The third-order valence-corrected chi connectivity index (χ3v) is 5.27. The van der Waals surface area contributed by atoms with Gasteiger partial charge in [-0.3, -0.25) is 9.59 Å². The highest BCUT2D eigenvalue weighted by Gasteiger charge is 2.24. The number of aromatic nitrogens is 1. The molecule has 0 unspecified atom stereocenters. The predicted molar refractivity (Wildman–Crippen MR) is 95.1 cm³/mol. The number of halogens is 2. The highest BCUT2D eigenvalue weighted by Crippen LogP contribution is 2.14. The number of benzene rings is 1. The summed E-state index contributed by atoms with van der Waals surface area (Å²) < 4.78 is 43.0. The number of sulfonamides is 1. The Bertz CT molecular complexity index is 920. The number of nitrogens with zero attached hydrogens (tertiary/aromatic N) is 2. The Labute approximate surface area is 160 Å². The van der Waals surface area contributed by atoms with Crippen LogP contribution < -0.4 is 5.32 Å². The van der Waals surface area contributed by atoms with E-state index in [9.17, 15) is 22.4 Å². The smallest absolute Gasteiger partial charge is 0.321 e. The lowest BCUT2D eigenvalue weighted by Crippen LogP contribution is -2.34. The first kappa shape index (κ1) is 20.7. The number of ether oxygens (including phenoxy) is 1. The maximum Gasteiger partial charge on any atom is 0.321 e. The Morgan fingerprint density at radius 3 is 2.48 bits per heavy atom. The molecular weight excluding hydrogens is 401 g/mol. The summed E-state index contributed by atoms with van der Waals surface area (Å²) in [6.07, 6.45) is 1.33. The number of carbonyl (C=O) groups excluding carboxylic acids is 2. The molecule has 27 heavy (non-hydrogen) atoms. The van der Waals surface area contributed by atoms with Gasteiger partial charge in [0.2, 0.25) is 10.0 Å². The lowest BCUT2D eigenvalue weighted by atomic mass is 10.4. The highest BCUT2D eigenvalue weighted by atomic mass is 35.5. The summed E-state index contributed by atoms with van der Waals surface area (Å²) in [6, 6.07) is 7.14. The minimum Gasteiger partial charge on any atom is -0.455 e. The van der Waals surface area contributed by atoms with Gasteiger partial charge in [-0.05, 0) is 36.4 Å². The maximum atomic E-state index is 12.9. The summed E-state index contributed by atoms with van der Waals surface area (Å²) in [4.78, 5) is 27.2. The van der Waals surface area contributed by atoms with Gasteiger partial charge < -0.3 is 10.1 Å². The van der Waals surface area contributed by atoms with Crippen molar-refractivity contribution in [3.8, 4) is 0 Å². The van der Waals surface area contributed by atoms with Gasteiger partial charge in [0.05, 0.1) is 9.92 Å². The van der Waals surface area contributed by atoms with Crippen LogP contribution in [0.25, 0.3) is 0 Å². The van der Waals surface area contributed by atoms with Crippen molar-refractivity contribution < 1.29 is 27.1 Å². The third-order valence-electron chi connectivity index (χ3n) is 3.23. The van der Waals surface area contributed by atoms with E-state index in [0.717, 1.165) is 35.6 Å². The molecule has 1 N–H and O–H groups in total. The second-order valence-corrected chi connectivity index (χ2v) is 7.77. The first-order valence-corrected chi connectivity index (χ1v) is 9.29. The quantitative estimate of drug-likeness (QED) is 0.689. The van der Waals surface area contributed by atoms with Crippen molar-refractivity contribution in [1.82, 2.24) is 9.29 Å². The average Bonchev–Trinajstić information content (AvgIpc) is 2.62. The molecule has 144 valence electrons. The standard InChI is InChI=1S/C16H15ClFN3O5S/c1-21(27(24,25)13-5-3-12(18)4-6-13)9-16(23)26-10-15(22)20-14-7-2-11(17)8-19-14/h2-8H,9-10H2,1H3,(H,19,20,22). The lowest BCUT2D eigenvalue weighted by Gasteiger charge is -2.16. The van der Waals surface area contributed by atoms with E-state index in [1.807, 2.05) is 0 Å². The molecule has 11 heteroatoms. The SMILES string of the molecule is CN(CC(=O)OCC(=O)Nc1ccc(Cl)cn1)S(=O)(=O)c1ccc(F)cc1. The number of likely N-dealkylation sites (N-methyl/N-ethyl adjacent to an activating group) is 1. The zero-order chi connectivity index (χ0) is 20.0. The van der Waals surface area contributed by atoms with E-state index in [-0.39, 0.29) is 10.7 Å². The Hall–Kier alpha value is -2.56. The van der Waals surface area contributed by atoms with Gasteiger partial charge in [-0.2, -0.15) is 4.31 Å². The Balaban J connectivity index is 1.86. The van der Waals surface area contributed by atoms with Crippen molar-refractivity contribution in [3.05, 3.63) is 53.4 Å². The van der Waals surface area contributed by atoms with Gasteiger partial charge in [0.25, 0.3) is 5.91 Å². The normalized spacial score (nSPS) is 11.3. The molecule has 8 nitrogen and oxygen atoms in total. The van der Waals surface area contributed by atoms with Crippen molar-refractivity contribution in [1.29, 1.82) is 0 Å². The van der Waals surface area contributed by atoms with Crippen molar-refractivity contribution in [3.63, 3.8) is 0 Å². The van der Waals surface area contributed by atoms with Crippen LogP contribution in [-0.2, 0) is 24.3 Å². The summed E-state index contributed by atoms with van der Waals surface area (Å²) in [6.45, 7) is -1.24. The van der Waals surface area contributed by atoms with Gasteiger partial charge >= 0.3 is 5.97 Å². The number of hydrogen-bond acceptors (Lipinski definition) is 6. The van der Waals surface area contributed by atoms with Crippen molar-refractivity contribution in [2.45, 2.75) is 4.90 Å². The summed E-state index contributed by atoms with van der Waals surface area (Å²) in [5.74, 6) is -1.95. The minimum absolute atomic E-state index is 0.175. The fourth-order valence-corrected chi connectivity index (χ4v) is 3.10. The number of nitrogens with one attached hydrogen (secondary N) is 1. The van der Waals surface area contributed by atoms with Crippen LogP contribution in [0.15, 0.2) is 47.5 Å². The molecular formula is C16H15ClFN3O5S. The minimum atomic E-state index is -4.00. The number of hydrogen-bond donors (Lipinski definition) is 1. The van der Waals surface area contributed by atoms with Gasteiger partial charge in [0.1, 0.15) is 18.2 Å². The number of esters is 1. The topological polar surface area (TPSA) is 106 Å². The maximum absolute atomic E-state index is 12.9. The molecule has 0 spiro atoms. The lowest BCUT2D eigenvalue weighted by molar-refractivity contribution is -0.147. The summed E-state index contributed by atoms with van der Waals surface area (Å²) >= 11 is 5.67. The second-order valence-electron chi connectivity index (χ2n) is 5.29. The molecule has 0 saturated carbocycles.